The van der Waals surface area contributed by atoms with Crippen molar-refractivity contribution in [1.29, 1.82) is 0 Å². The molecular formula is C22H24ClN3O4. The van der Waals surface area contributed by atoms with Gasteiger partial charge in [0.1, 0.15) is 29.1 Å². The number of amides is 1. The van der Waals surface area contributed by atoms with E-state index < -0.39 is 12.1 Å². The van der Waals surface area contributed by atoms with Crippen LogP contribution in [0.4, 0.5) is 0 Å². The molecule has 158 valence electrons. The van der Waals surface area contributed by atoms with E-state index in [1.165, 1.54) is 0 Å². The maximum atomic E-state index is 13.0. The van der Waals surface area contributed by atoms with Crippen LogP contribution in [0.3, 0.4) is 0 Å². The number of carbonyl (C=O) groups is 1. The van der Waals surface area contributed by atoms with Gasteiger partial charge >= 0.3 is 0 Å². The fourth-order valence-corrected chi connectivity index (χ4v) is 3.19. The molecule has 3 rings (SSSR count). The van der Waals surface area contributed by atoms with Crippen LogP contribution in [0.2, 0.25) is 5.02 Å². The molecule has 0 radical (unpaired) electrons. The largest absolute Gasteiger partial charge is 0.497 e. The molecule has 1 aromatic heterocycles. The molecule has 7 nitrogen and oxygen atoms in total. The first-order chi connectivity index (χ1) is 14.4. The third kappa shape index (κ3) is 5.04. The van der Waals surface area contributed by atoms with Crippen molar-refractivity contribution in [3.8, 4) is 17.2 Å². The average molecular weight is 430 g/mol. The second kappa shape index (κ2) is 9.54. The zero-order valence-electron chi connectivity index (χ0n) is 17.3. The van der Waals surface area contributed by atoms with Gasteiger partial charge in [-0.05, 0) is 42.8 Å². The Hall–Kier alpha value is -3.19. The summed E-state index contributed by atoms with van der Waals surface area (Å²) < 4.78 is 18.4. The first-order valence-corrected chi connectivity index (χ1v) is 9.72. The molecule has 2 unspecified atom stereocenters. The topological polar surface area (TPSA) is 74.6 Å². The van der Waals surface area contributed by atoms with Gasteiger partial charge < -0.3 is 24.1 Å². The monoisotopic (exact) mass is 429 g/mol. The van der Waals surface area contributed by atoms with E-state index in [-0.39, 0.29) is 5.91 Å². The summed E-state index contributed by atoms with van der Waals surface area (Å²) in [5, 5.41) is 3.56. The molecule has 2 atom stereocenters. The van der Waals surface area contributed by atoms with Gasteiger partial charge in [0.05, 0.1) is 14.2 Å². The third-order valence-corrected chi connectivity index (χ3v) is 4.82. The quantitative estimate of drug-likeness (QED) is 0.590. The van der Waals surface area contributed by atoms with E-state index in [0.717, 1.165) is 5.56 Å². The Labute approximate surface area is 180 Å². The molecule has 1 N–H and O–H groups in total. The Morgan fingerprint density at radius 1 is 1.10 bits per heavy atom. The number of carbonyl (C=O) groups excluding carboxylic acids is 1. The minimum Gasteiger partial charge on any atom is -0.497 e. The Balaban J connectivity index is 1.88. The minimum absolute atomic E-state index is 0.301. The lowest BCUT2D eigenvalue weighted by Gasteiger charge is -2.23. The van der Waals surface area contributed by atoms with Crippen LogP contribution in [0, 0.1) is 0 Å². The van der Waals surface area contributed by atoms with Crippen LogP contribution < -0.4 is 19.5 Å². The van der Waals surface area contributed by atoms with E-state index >= 15 is 0 Å². The van der Waals surface area contributed by atoms with Crippen LogP contribution in [0.25, 0.3) is 0 Å². The summed E-state index contributed by atoms with van der Waals surface area (Å²) in [7, 11) is 5.02. The van der Waals surface area contributed by atoms with Gasteiger partial charge in [-0.1, -0.05) is 17.7 Å². The smallest absolute Gasteiger partial charge is 0.261 e. The summed E-state index contributed by atoms with van der Waals surface area (Å²) >= 11 is 6.00. The van der Waals surface area contributed by atoms with Gasteiger partial charge in [0.2, 0.25) is 0 Å². The molecule has 0 spiro atoms. The average Bonchev–Trinajstić information content (AvgIpc) is 3.16. The fourth-order valence-electron chi connectivity index (χ4n) is 3.01. The molecule has 0 fully saturated rings. The minimum atomic E-state index is -0.751. The lowest BCUT2D eigenvalue weighted by molar-refractivity contribution is -0.127. The number of hydrogen-bond acceptors (Lipinski definition) is 5. The highest BCUT2D eigenvalue weighted by molar-refractivity contribution is 6.30. The third-order valence-electron chi connectivity index (χ3n) is 4.59. The lowest BCUT2D eigenvalue weighted by Crippen LogP contribution is -2.39. The van der Waals surface area contributed by atoms with E-state index in [2.05, 4.69) is 10.3 Å². The number of halogens is 1. The number of nitrogens with one attached hydrogen (secondary N) is 1. The molecule has 0 saturated carbocycles. The number of aryl methyl sites for hydroxylation is 1. The summed E-state index contributed by atoms with van der Waals surface area (Å²) in [6.45, 7) is 1.68. The Morgan fingerprint density at radius 2 is 1.80 bits per heavy atom. The van der Waals surface area contributed by atoms with Crippen molar-refractivity contribution >= 4 is 17.5 Å². The van der Waals surface area contributed by atoms with Crippen molar-refractivity contribution < 1.29 is 19.0 Å². The van der Waals surface area contributed by atoms with E-state index in [0.29, 0.717) is 28.1 Å². The zero-order chi connectivity index (χ0) is 21.7. The van der Waals surface area contributed by atoms with Crippen molar-refractivity contribution in [2.75, 3.05) is 14.2 Å². The van der Waals surface area contributed by atoms with Crippen molar-refractivity contribution in [1.82, 2.24) is 14.9 Å². The Kier molecular flexibility index (Phi) is 6.84. The number of benzene rings is 2. The number of hydrogen-bond donors (Lipinski definition) is 1. The molecule has 1 heterocycles. The molecule has 30 heavy (non-hydrogen) atoms. The second-order valence-electron chi connectivity index (χ2n) is 6.70. The molecule has 0 aliphatic rings. The molecular weight excluding hydrogens is 406 g/mol. The van der Waals surface area contributed by atoms with E-state index in [9.17, 15) is 4.79 Å². The first-order valence-electron chi connectivity index (χ1n) is 9.34. The van der Waals surface area contributed by atoms with E-state index in [1.54, 1.807) is 57.7 Å². The maximum Gasteiger partial charge on any atom is 0.261 e. The van der Waals surface area contributed by atoms with Crippen LogP contribution in [0.5, 0.6) is 17.2 Å². The Bertz CT molecular complexity index is 999. The highest BCUT2D eigenvalue weighted by Crippen LogP contribution is 2.29. The van der Waals surface area contributed by atoms with Crippen LogP contribution in [0.15, 0.2) is 54.9 Å². The van der Waals surface area contributed by atoms with Gasteiger partial charge in [0.15, 0.2) is 6.10 Å². The van der Waals surface area contributed by atoms with Gasteiger partial charge in [0.25, 0.3) is 5.91 Å². The van der Waals surface area contributed by atoms with E-state index in [4.69, 9.17) is 25.8 Å². The van der Waals surface area contributed by atoms with Crippen molar-refractivity contribution in [3.63, 3.8) is 0 Å². The van der Waals surface area contributed by atoms with Gasteiger partial charge in [-0.2, -0.15) is 0 Å². The number of imidazole rings is 1. The van der Waals surface area contributed by atoms with Crippen LogP contribution in [-0.4, -0.2) is 35.8 Å². The summed E-state index contributed by atoms with van der Waals surface area (Å²) in [4.78, 5) is 17.4. The predicted molar refractivity (Wildman–Crippen MR) is 114 cm³/mol. The maximum absolute atomic E-state index is 13.0. The molecule has 0 aliphatic heterocycles. The van der Waals surface area contributed by atoms with Gasteiger partial charge in [-0.3, -0.25) is 4.79 Å². The zero-order valence-corrected chi connectivity index (χ0v) is 18.0. The Morgan fingerprint density at radius 3 is 2.37 bits per heavy atom. The molecule has 0 saturated heterocycles. The van der Waals surface area contributed by atoms with Crippen molar-refractivity contribution in [2.45, 2.75) is 19.1 Å². The highest BCUT2D eigenvalue weighted by atomic mass is 35.5. The van der Waals surface area contributed by atoms with Gasteiger partial charge in [0, 0.05) is 30.5 Å². The second-order valence-corrected chi connectivity index (χ2v) is 7.14. The lowest BCUT2D eigenvalue weighted by atomic mass is 10.0. The number of methoxy groups -OCH3 is 2. The highest BCUT2D eigenvalue weighted by Gasteiger charge is 2.25. The fraction of sp³-hybridized carbons (Fsp3) is 0.273. The van der Waals surface area contributed by atoms with Crippen LogP contribution in [-0.2, 0) is 11.8 Å². The summed E-state index contributed by atoms with van der Waals surface area (Å²) in [6, 6.07) is 11.8. The van der Waals surface area contributed by atoms with Crippen LogP contribution >= 0.6 is 11.6 Å². The van der Waals surface area contributed by atoms with Crippen LogP contribution in [0.1, 0.15) is 24.4 Å². The molecule has 0 bridgehead atoms. The van der Waals surface area contributed by atoms with Crippen molar-refractivity contribution in [2.24, 2.45) is 7.05 Å². The molecule has 8 heteroatoms. The first kappa shape index (κ1) is 21.5. The molecule has 1 amide bonds. The normalized spacial score (nSPS) is 12.7. The molecule has 3 aromatic rings. The summed E-state index contributed by atoms with van der Waals surface area (Å²) in [5.41, 5.74) is 0.767. The van der Waals surface area contributed by atoms with E-state index in [1.807, 2.05) is 29.9 Å². The summed E-state index contributed by atoms with van der Waals surface area (Å²) in [6.07, 6.45) is 2.74. The molecule has 0 aliphatic carbocycles. The number of nitrogens with zero attached hydrogens (tertiary/aromatic N) is 2. The van der Waals surface area contributed by atoms with Crippen molar-refractivity contribution in [3.05, 3.63) is 71.3 Å². The standard InChI is InChI=1S/C22H24ClN3O4/c1-14(30-17-7-5-6-16(23)12-17)22(27)25-20(21-24-8-9-26(21)2)15-10-18(28-3)13-19(11-15)29-4/h5-14,20H,1-4H3,(H,25,27). The predicted octanol–water partition coefficient (Wildman–Crippen LogP) is 3.76. The number of rotatable bonds is 8. The number of ether oxygens (including phenoxy) is 3. The number of aromatic nitrogens is 2. The molecule has 2 aromatic carbocycles. The summed E-state index contributed by atoms with van der Waals surface area (Å²) in [5.74, 6) is 2.10. The SMILES string of the molecule is COc1cc(OC)cc(C(NC(=O)C(C)Oc2cccc(Cl)c2)c2nccn2C)c1. The van der Waals surface area contributed by atoms with Gasteiger partial charge in [-0.15, -0.1) is 0 Å². The van der Waals surface area contributed by atoms with Gasteiger partial charge in [-0.25, -0.2) is 4.98 Å².